The molecular weight excluding hydrogens is 264 g/mol. The molecule has 0 spiro atoms. The van der Waals surface area contributed by atoms with Gasteiger partial charge in [0.25, 0.3) is 0 Å². The van der Waals surface area contributed by atoms with Crippen LogP contribution in [0.1, 0.15) is 32.2 Å². The summed E-state index contributed by atoms with van der Waals surface area (Å²) in [7, 11) is 0. The van der Waals surface area contributed by atoms with Gasteiger partial charge in [0.15, 0.2) is 0 Å². The van der Waals surface area contributed by atoms with E-state index in [0.29, 0.717) is 30.4 Å². The summed E-state index contributed by atoms with van der Waals surface area (Å²) in [6.45, 7) is 7.96. The zero-order valence-corrected chi connectivity index (χ0v) is 12.8. The lowest BCUT2D eigenvalue weighted by Gasteiger charge is -2.31. The smallest absolute Gasteiger partial charge is 0.322 e. The molecule has 1 aliphatic rings. The third kappa shape index (κ3) is 3.08. The summed E-state index contributed by atoms with van der Waals surface area (Å²) in [5, 5.41) is 11.7. The Morgan fingerprint density at radius 1 is 1.33 bits per heavy atom. The minimum absolute atomic E-state index is 0.399. The van der Waals surface area contributed by atoms with E-state index in [1.54, 1.807) is 0 Å². The normalized spacial score (nSPS) is 18.1. The first-order valence-electron chi connectivity index (χ1n) is 7.54. The molecule has 0 radical (unpaired) electrons. The van der Waals surface area contributed by atoms with Crippen molar-refractivity contribution >= 4 is 11.7 Å². The van der Waals surface area contributed by atoms with Gasteiger partial charge in [-0.2, -0.15) is 0 Å². The molecule has 1 N–H and O–H groups in total. The topological polar surface area (TPSA) is 54.2 Å². The largest absolute Gasteiger partial charge is 0.406 e. The van der Waals surface area contributed by atoms with E-state index >= 15 is 0 Å². The predicted molar refractivity (Wildman–Crippen MR) is 82.6 cm³/mol. The van der Waals surface area contributed by atoms with Gasteiger partial charge in [-0.05, 0) is 24.0 Å². The Labute approximate surface area is 125 Å². The second-order valence-corrected chi connectivity index (χ2v) is 6.06. The van der Waals surface area contributed by atoms with E-state index in [0.717, 1.165) is 13.0 Å². The summed E-state index contributed by atoms with van der Waals surface area (Å²) in [6, 6.07) is 9.43. The van der Waals surface area contributed by atoms with Gasteiger partial charge in [-0.15, -0.1) is 5.10 Å². The number of hydrogen-bond donors (Lipinski definition) is 1. The second-order valence-electron chi connectivity index (χ2n) is 6.06. The van der Waals surface area contributed by atoms with E-state index in [1.807, 2.05) is 0 Å². The summed E-state index contributed by atoms with van der Waals surface area (Å²) in [5.41, 5.74) is 2.53. The van der Waals surface area contributed by atoms with Crippen molar-refractivity contribution in [3.63, 3.8) is 0 Å². The molecule has 0 saturated heterocycles. The van der Waals surface area contributed by atoms with Crippen molar-refractivity contribution < 1.29 is 4.42 Å². The van der Waals surface area contributed by atoms with E-state index < -0.39 is 0 Å². The van der Waals surface area contributed by atoms with Crippen molar-refractivity contribution in [2.45, 2.75) is 39.8 Å². The van der Waals surface area contributed by atoms with Gasteiger partial charge in [-0.1, -0.05) is 44.1 Å². The Morgan fingerprint density at radius 2 is 2.14 bits per heavy atom. The van der Waals surface area contributed by atoms with Gasteiger partial charge < -0.3 is 9.73 Å². The number of rotatable bonds is 4. The Kier molecular flexibility index (Phi) is 3.92. The van der Waals surface area contributed by atoms with Crippen molar-refractivity contribution in [1.29, 1.82) is 0 Å². The lowest BCUT2D eigenvalue weighted by atomic mass is 9.94. The molecule has 5 heteroatoms. The third-order valence-corrected chi connectivity index (χ3v) is 3.69. The molecule has 0 fully saturated rings. The van der Waals surface area contributed by atoms with Crippen LogP contribution in [-0.4, -0.2) is 22.8 Å². The number of para-hydroxylation sites is 1. The fraction of sp³-hybridized carbons (Fsp3) is 0.500. The van der Waals surface area contributed by atoms with Gasteiger partial charge in [-0.25, -0.2) is 0 Å². The van der Waals surface area contributed by atoms with Crippen molar-refractivity contribution in [2.24, 2.45) is 5.92 Å². The molecule has 2 aromatic rings. The molecule has 0 aliphatic carbocycles. The molecule has 3 rings (SSSR count). The monoisotopic (exact) mass is 286 g/mol. The SMILES string of the molecule is CC1Cc2ccccc2N(c2nnc(CNC(C)C)o2)C1. The molecule has 0 bridgehead atoms. The molecule has 1 aromatic heterocycles. The molecule has 1 unspecified atom stereocenters. The summed E-state index contributed by atoms with van der Waals surface area (Å²) in [6.07, 6.45) is 1.10. The second kappa shape index (κ2) is 5.85. The number of benzene rings is 1. The molecule has 1 atom stereocenters. The van der Waals surface area contributed by atoms with E-state index in [9.17, 15) is 0 Å². The highest BCUT2D eigenvalue weighted by molar-refractivity contribution is 5.62. The van der Waals surface area contributed by atoms with Gasteiger partial charge in [0.05, 0.1) is 6.54 Å². The Bertz CT molecular complexity index is 608. The van der Waals surface area contributed by atoms with Crippen molar-refractivity contribution in [3.05, 3.63) is 35.7 Å². The first-order valence-corrected chi connectivity index (χ1v) is 7.54. The number of anilines is 2. The van der Waals surface area contributed by atoms with Crippen LogP contribution in [0.5, 0.6) is 0 Å². The minimum Gasteiger partial charge on any atom is -0.406 e. The molecule has 5 nitrogen and oxygen atoms in total. The van der Waals surface area contributed by atoms with Crippen molar-refractivity contribution in [3.8, 4) is 0 Å². The number of nitrogens with one attached hydrogen (secondary N) is 1. The number of hydrogen-bond acceptors (Lipinski definition) is 5. The zero-order chi connectivity index (χ0) is 14.8. The molecule has 2 heterocycles. The van der Waals surface area contributed by atoms with Crippen LogP contribution in [0.25, 0.3) is 0 Å². The zero-order valence-electron chi connectivity index (χ0n) is 12.8. The molecule has 0 amide bonds. The van der Waals surface area contributed by atoms with Gasteiger partial charge in [0.1, 0.15) is 0 Å². The summed E-state index contributed by atoms with van der Waals surface area (Å²) < 4.78 is 5.82. The number of aromatic nitrogens is 2. The highest BCUT2D eigenvalue weighted by atomic mass is 16.4. The lowest BCUT2D eigenvalue weighted by Crippen LogP contribution is -2.30. The van der Waals surface area contributed by atoms with E-state index in [2.05, 4.69) is 65.5 Å². The molecule has 112 valence electrons. The van der Waals surface area contributed by atoms with E-state index in [4.69, 9.17) is 4.42 Å². The maximum atomic E-state index is 5.82. The first-order chi connectivity index (χ1) is 10.1. The minimum atomic E-state index is 0.399. The standard InChI is InChI=1S/C16H22N4O/c1-11(2)17-9-15-18-19-16(21-15)20-10-12(3)8-13-6-4-5-7-14(13)20/h4-7,11-12,17H,8-10H2,1-3H3. The van der Waals surface area contributed by atoms with E-state index in [1.165, 1.54) is 11.3 Å². The average molecular weight is 286 g/mol. The van der Waals surface area contributed by atoms with Crippen LogP contribution in [0.4, 0.5) is 11.7 Å². The predicted octanol–water partition coefficient (Wildman–Crippen LogP) is 2.90. The number of nitrogens with zero attached hydrogens (tertiary/aromatic N) is 3. The van der Waals surface area contributed by atoms with E-state index in [-0.39, 0.29) is 0 Å². The molecular formula is C16H22N4O. The summed E-state index contributed by atoms with van der Waals surface area (Å²) in [4.78, 5) is 2.13. The Hall–Kier alpha value is -1.88. The summed E-state index contributed by atoms with van der Waals surface area (Å²) >= 11 is 0. The summed E-state index contributed by atoms with van der Waals surface area (Å²) in [5.74, 6) is 1.21. The van der Waals surface area contributed by atoms with Crippen LogP contribution >= 0.6 is 0 Å². The van der Waals surface area contributed by atoms with Crippen LogP contribution in [0, 0.1) is 5.92 Å². The van der Waals surface area contributed by atoms with Crippen LogP contribution < -0.4 is 10.2 Å². The van der Waals surface area contributed by atoms with Crippen LogP contribution in [0.2, 0.25) is 0 Å². The molecule has 1 aromatic carbocycles. The highest BCUT2D eigenvalue weighted by Crippen LogP contribution is 2.34. The van der Waals surface area contributed by atoms with Gasteiger partial charge in [-0.3, -0.25) is 4.90 Å². The Balaban J connectivity index is 1.83. The van der Waals surface area contributed by atoms with Crippen LogP contribution in [0.15, 0.2) is 28.7 Å². The maximum absolute atomic E-state index is 5.82. The fourth-order valence-electron chi connectivity index (χ4n) is 2.69. The van der Waals surface area contributed by atoms with Crippen LogP contribution in [0.3, 0.4) is 0 Å². The van der Waals surface area contributed by atoms with Crippen molar-refractivity contribution in [2.75, 3.05) is 11.4 Å². The van der Waals surface area contributed by atoms with Crippen LogP contribution in [-0.2, 0) is 13.0 Å². The fourth-order valence-corrected chi connectivity index (χ4v) is 2.69. The van der Waals surface area contributed by atoms with Crippen molar-refractivity contribution in [1.82, 2.24) is 15.5 Å². The lowest BCUT2D eigenvalue weighted by molar-refractivity contribution is 0.442. The quantitative estimate of drug-likeness (QED) is 0.936. The van der Waals surface area contributed by atoms with Gasteiger partial charge >= 0.3 is 6.01 Å². The highest BCUT2D eigenvalue weighted by Gasteiger charge is 2.26. The number of fused-ring (bicyclic) bond motifs is 1. The molecule has 21 heavy (non-hydrogen) atoms. The Morgan fingerprint density at radius 3 is 2.95 bits per heavy atom. The average Bonchev–Trinajstić information content (AvgIpc) is 2.93. The molecule has 1 aliphatic heterocycles. The van der Waals surface area contributed by atoms with Gasteiger partial charge in [0, 0.05) is 18.3 Å². The third-order valence-electron chi connectivity index (χ3n) is 3.69. The first kappa shape index (κ1) is 14.1. The molecule has 0 saturated carbocycles. The maximum Gasteiger partial charge on any atom is 0.322 e. The van der Waals surface area contributed by atoms with Gasteiger partial charge in [0.2, 0.25) is 5.89 Å².